The van der Waals surface area contributed by atoms with Gasteiger partial charge < -0.3 is 20.1 Å². The molecular formula is C33H38Cl2N6O4. The molecule has 4 fully saturated rings. The number of piperazine rings is 1. The smallest absolute Gasteiger partial charge is 0.304 e. The Labute approximate surface area is 273 Å². The fourth-order valence-electron chi connectivity index (χ4n) is 6.65. The molecule has 2 aromatic heterocycles. The number of aliphatic carboxylic acids is 1. The Balaban J connectivity index is 1.14. The maximum atomic E-state index is 11.3. The zero-order valence-electron chi connectivity index (χ0n) is 25.3. The molecule has 0 radical (unpaired) electrons. The number of benzene rings is 1. The van der Waals surface area contributed by atoms with Gasteiger partial charge in [-0.25, -0.2) is 9.97 Å². The van der Waals surface area contributed by atoms with Gasteiger partial charge in [0, 0.05) is 73.4 Å². The number of carbonyl (C=O) groups is 2. The summed E-state index contributed by atoms with van der Waals surface area (Å²) in [6.45, 7) is 7.20. The van der Waals surface area contributed by atoms with Gasteiger partial charge in [-0.2, -0.15) is 0 Å². The number of carbonyl (C=O) groups excluding carboxylic acids is 1. The summed E-state index contributed by atoms with van der Waals surface area (Å²) >= 11 is 12.7. The van der Waals surface area contributed by atoms with Crippen molar-refractivity contribution in [2.24, 2.45) is 5.92 Å². The molecule has 2 bridgehead atoms. The predicted octanol–water partition coefficient (Wildman–Crippen LogP) is 5.33. The Bertz CT molecular complexity index is 1500. The highest BCUT2D eigenvalue weighted by molar-refractivity contribution is 6.35. The van der Waals surface area contributed by atoms with Crippen LogP contribution >= 0.6 is 23.2 Å². The van der Waals surface area contributed by atoms with Gasteiger partial charge in [-0.05, 0) is 80.2 Å². The second kappa shape index (κ2) is 13.9. The molecule has 0 spiro atoms. The second-order valence-electron chi connectivity index (χ2n) is 12.3. The lowest BCUT2D eigenvalue weighted by Crippen LogP contribution is -2.69. The first-order chi connectivity index (χ1) is 21.7. The van der Waals surface area contributed by atoms with Gasteiger partial charge in [0.2, 0.25) is 11.8 Å². The van der Waals surface area contributed by atoms with Gasteiger partial charge in [-0.3, -0.25) is 19.4 Å². The van der Waals surface area contributed by atoms with Crippen LogP contribution in [0.3, 0.4) is 0 Å². The predicted molar refractivity (Wildman–Crippen MR) is 174 cm³/mol. The zero-order chi connectivity index (χ0) is 31.5. The number of ether oxygens (including phenoxy) is 1. The highest BCUT2D eigenvalue weighted by atomic mass is 35.5. The van der Waals surface area contributed by atoms with Crippen molar-refractivity contribution in [3.05, 3.63) is 64.3 Å². The lowest BCUT2D eigenvalue weighted by Gasteiger charge is -2.56. The minimum absolute atomic E-state index is 0.0180. The summed E-state index contributed by atoms with van der Waals surface area (Å²) in [7, 11) is 0. The number of likely N-dealkylation sites (tertiary alicyclic amines) is 1. The maximum Gasteiger partial charge on any atom is 0.304 e. The Morgan fingerprint density at radius 3 is 2.42 bits per heavy atom. The monoisotopic (exact) mass is 652 g/mol. The van der Waals surface area contributed by atoms with E-state index in [1.54, 1.807) is 19.2 Å². The molecule has 7 rings (SSSR count). The molecule has 10 nitrogen and oxygen atoms in total. The van der Waals surface area contributed by atoms with Crippen LogP contribution in [0.5, 0.6) is 11.6 Å². The van der Waals surface area contributed by atoms with E-state index in [0.717, 1.165) is 81.2 Å². The lowest BCUT2D eigenvalue weighted by atomic mass is 9.87. The van der Waals surface area contributed by atoms with Crippen molar-refractivity contribution in [1.29, 1.82) is 0 Å². The van der Waals surface area contributed by atoms with Crippen LogP contribution in [0.15, 0.2) is 48.7 Å². The van der Waals surface area contributed by atoms with Crippen molar-refractivity contribution in [1.82, 2.24) is 25.1 Å². The number of aromatic nitrogens is 2. The summed E-state index contributed by atoms with van der Waals surface area (Å²) in [6.07, 6.45) is 5.07. The van der Waals surface area contributed by atoms with Crippen LogP contribution in [-0.4, -0.2) is 88.1 Å². The molecular weight excluding hydrogens is 615 g/mol. The lowest BCUT2D eigenvalue weighted by molar-refractivity contribution is -0.138. The third kappa shape index (κ3) is 8.05. The van der Waals surface area contributed by atoms with E-state index in [2.05, 4.69) is 26.1 Å². The summed E-state index contributed by atoms with van der Waals surface area (Å²) in [6, 6.07) is 14.0. The number of carboxylic acid groups (broad SMARTS) is 1. The number of fused-ring (bicyclic) bond motifs is 2. The molecule has 1 amide bonds. The van der Waals surface area contributed by atoms with Gasteiger partial charge in [0.1, 0.15) is 11.6 Å². The zero-order valence-corrected chi connectivity index (χ0v) is 26.8. The van der Waals surface area contributed by atoms with Crippen molar-refractivity contribution in [3.63, 3.8) is 0 Å². The average Bonchev–Trinajstić information content (AvgIpc) is 3.00. The first-order valence-corrected chi connectivity index (χ1v) is 16.2. The molecule has 0 aliphatic carbocycles. The molecule has 4 saturated heterocycles. The number of anilines is 1. The minimum atomic E-state index is -0.752. The fraction of sp³-hybridized carbons (Fsp3) is 0.455. The molecule has 2 N–H and O–H groups in total. The van der Waals surface area contributed by atoms with Crippen LogP contribution in [0.1, 0.15) is 38.2 Å². The number of nitrogens with one attached hydrogen (secondary N) is 1. The van der Waals surface area contributed by atoms with Gasteiger partial charge >= 0.3 is 5.97 Å². The molecule has 4 aliphatic heterocycles. The quantitative estimate of drug-likeness (QED) is 0.284. The van der Waals surface area contributed by atoms with E-state index in [1.165, 1.54) is 0 Å². The van der Waals surface area contributed by atoms with Crippen molar-refractivity contribution in [3.8, 4) is 22.9 Å². The van der Waals surface area contributed by atoms with E-state index >= 15 is 0 Å². The van der Waals surface area contributed by atoms with Crippen molar-refractivity contribution in [2.45, 2.75) is 51.2 Å². The molecule has 2 unspecified atom stereocenters. The van der Waals surface area contributed by atoms with Crippen LogP contribution < -0.4 is 15.0 Å². The number of rotatable bonds is 11. The molecule has 6 heterocycles. The van der Waals surface area contributed by atoms with Crippen molar-refractivity contribution >= 4 is 40.9 Å². The second-order valence-corrected chi connectivity index (χ2v) is 13.2. The fourth-order valence-corrected chi connectivity index (χ4v) is 7.18. The van der Waals surface area contributed by atoms with Crippen molar-refractivity contribution < 1.29 is 19.4 Å². The molecule has 238 valence electrons. The first-order valence-electron chi connectivity index (χ1n) is 15.5. The Kier molecular flexibility index (Phi) is 9.75. The highest BCUT2D eigenvalue weighted by Gasteiger charge is 2.44. The molecule has 2 atom stereocenters. The standard InChI is InChI=1S/C33H38Cl2N6O4/c1-21(42)36-16-22-4-7-39(8-5-22)18-23-10-30(24-12-25(34)14-26(35)13-24)38-32(11-23)45-29-2-3-31(37-17-29)40-19-27-15-28(20-40)41(27)9-6-33(43)44/h2-3,10-14,17,22,27-28H,4-9,15-16,18-20H2,1H3,(H,36,42)(H,43,44). The normalized spacial score (nSPS) is 20.5. The van der Waals surface area contributed by atoms with Gasteiger partial charge in [0.25, 0.3) is 0 Å². The summed E-state index contributed by atoms with van der Waals surface area (Å²) in [4.78, 5) is 38.8. The third-order valence-electron chi connectivity index (χ3n) is 8.97. The van der Waals surface area contributed by atoms with Crippen LogP contribution in [0, 0.1) is 5.92 Å². The first kappa shape index (κ1) is 31.5. The number of amides is 1. The third-order valence-corrected chi connectivity index (χ3v) is 9.40. The van der Waals surface area contributed by atoms with Gasteiger partial charge in [0.15, 0.2) is 0 Å². The Morgan fingerprint density at radius 1 is 1.04 bits per heavy atom. The Morgan fingerprint density at radius 2 is 1.78 bits per heavy atom. The van der Waals surface area contributed by atoms with E-state index < -0.39 is 5.97 Å². The molecule has 1 aromatic carbocycles. The highest BCUT2D eigenvalue weighted by Crippen LogP contribution is 2.35. The molecule has 3 aromatic rings. The largest absolute Gasteiger partial charge is 0.481 e. The SMILES string of the molecule is CC(=O)NCC1CCN(Cc2cc(Oc3ccc(N4CC5CC(C4)N5CCC(=O)O)nc3)nc(-c3cc(Cl)cc(Cl)c3)c2)CC1. The minimum Gasteiger partial charge on any atom is -0.481 e. The topological polar surface area (TPSA) is 111 Å². The number of nitrogens with zero attached hydrogens (tertiary/aromatic N) is 5. The molecule has 4 aliphatic rings. The van der Waals surface area contributed by atoms with E-state index in [0.29, 0.717) is 46.2 Å². The van der Waals surface area contributed by atoms with Gasteiger partial charge in [-0.15, -0.1) is 0 Å². The van der Waals surface area contributed by atoms with E-state index in [9.17, 15) is 9.59 Å². The van der Waals surface area contributed by atoms with Crippen LogP contribution in [0.2, 0.25) is 10.0 Å². The average molecular weight is 654 g/mol. The number of halogens is 2. The van der Waals surface area contributed by atoms with E-state index in [-0.39, 0.29) is 12.3 Å². The van der Waals surface area contributed by atoms with Crippen LogP contribution in [0.25, 0.3) is 11.3 Å². The van der Waals surface area contributed by atoms with E-state index in [4.69, 9.17) is 43.0 Å². The number of carboxylic acids is 1. The van der Waals surface area contributed by atoms with Gasteiger partial charge in [0.05, 0.1) is 18.3 Å². The maximum absolute atomic E-state index is 11.3. The number of piperidine rings is 2. The van der Waals surface area contributed by atoms with Crippen molar-refractivity contribution in [2.75, 3.05) is 44.2 Å². The Hall–Kier alpha value is -3.44. The van der Waals surface area contributed by atoms with Gasteiger partial charge in [-0.1, -0.05) is 23.2 Å². The number of hydrogen-bond acceptors (Lipinski definition) is 8. The molecule has 12 heteroatoms. The molecule has 45 heavy (non-hydrogen) atoms. The van der Waals surface area contributed by atoms with E-state index in [1.807, 2.05) is 30.3 Å². The van der Waals surface area contributed by atoms with Crippen LogP contribution in [-0.2, 0) is 16.1 Å². The summed E-state index contributed by atoms with van der Waals surface area (Å²) in [5.41, 5.74) is 2.59. The summed E-state index contributed by atoms with van der Waals surface area (Å²) in [5.74, 6) is 1.69. The number of pyridine rings is 2. The van der Waals surface area contributed by atoms with Crippen LogP contribution in [0.4, 0.5) is 5.82 Å². The summed E-state index contributed by atoms with van der Waals surface area (Å²) < 4.78 is 6.27. The number of hydrogen-bond donors (Lipinski definition) is 2. The summed E-state index contributed by atoms with van der Waals surface area (Å²) in [5, 5.41) is 13.1. The molecule has 0 saturated carbocycles.